The summed E-state index contributed by atoms with van der Waals surface area (Å²) in [6.45, 7) is 0. The summed E-state index contributed by atoms with van der Waals surface area (Å²) >= 11 is 8.20. The van der Waals surface area contributed by atoms with Crippen LogP contribution in [0.4, 0.5) is 0 Å². The van der Waals surface area contributed by atoms with E-state index in [0.29, 0.717) is 0 Å². The normalized spacial score (nSPS) is 10.9. The van der Waals surface area contributed by atoms with Gasteiger partial charge in [-0.1, -0.05) is 29.8 Å². The second-order valence-corrected chi connectivity index (χ2v) is 5.26. The molecule has 0 spiro atoms. The highest BCUT2D eigenvalue weighted by atomic mass is 127. The zero-order chi connectivity index (χ0) is 11.8. The van der Waals surface area contributed by atoms with Crippen molar-refractivity contribution in [1.29, 1.82) is 0 Å². The van der Waals surface area contributed by atoms with Crippen LogP contribution in [0.2, 0.25) is 5.02 Å². The summed E-state index contributed by atoms with van der Waals surface area (Å²) < 4.78 is 7.01. The quantitative estimate of drug-likeness (QED) is 0.536. The van der Waals surface area contributed by atoms with E-state index in [1.54, 1.807) is 0 Å². The van der Waals surface area contributed by atoms with Crippen LogP contribution in [0.5, 0.6) is 0 Å². The predicted molar refractivity (Wildman–Crippen MR) is 79.4 cm³/mol. The molecule has 0 aliphatic rings. The van der Waals surface area contributed by atoms with Gasteiger partial charge in [0.25, 0.3) is 0 Å². The number of hydrogen-bond donors (Lipinski definition) is 0. The third-order valence-corrected chi connectivity index (χ3v) is 3.96. The molecule has 0 fully saturated rings. The Hall–Kier alpha value is -1.000. The first-order valence-corrected chi connectivity index (χ1v) is 6.64. The lowest BCUT2D eigenvalue weighted by Gasteiger charge is -1.97. The first kappa shape index (κ1) is 11.1. The smallest absolute Gasteiger partial charge is 0.148 e. The Labute approximate surface area is 118 Å². The minimum absolute atomic E-state index is 0.736. The van der Waals surface area contributed by atoms with Gasteiger partial charge < -0.3 is 4.42 Å². The van der Waals surface area contributed by atoms with E-state index in [2.05, 4.69) is 28.7 Å². The zero-order valence-corrected chi connectivity index (χ0v) is 11.7. The average molecular weight is 355 g/mol. The summed E-state index contributed by atoms with van der Waals surface area (Å²) in [5, 5.41) is 1.89. The van der Waals surface area contributed by atoms with Crippen molar-refractivity contribution < 1.29 is 4.42 Å². The molecule has 1 aromatic heterocycles. The van der Waals surface area contributed by atoms with Crippen LogP contribution >= 0.6 is 34.2 Å². The van der Waals surface area contributed by atoms with Crippen molar-refractivity contribution in [2.45, 2.75) is 0 Å². The van der Waals surface area contributed by atoms with Gasteiger partial charge in [0.1, 0.15) is 11.3 Å². The molecule has 0 N–H and O–H groups in total. The van der Waals surface area contributed by atoms with Crippen LogP contribution in [-0.2, 0) is 0 Å². The number of halogens is 2. The van der Waals surface area contributed by atoms with Gasteiger partial charge in [-0.05, 0) is 52.9 Å². The fourth-order valence-corrected chi connectivity index (χ4v) is 2.79. The molecule has 17 heavy (non-hydrogen) atoms. The van der Waals surface area contributed by atoms with Crippen molar-refractivity contribution in [1.82, 2.24) is 0 Å². The van der Waals surface area contributed by atoms with Crippen LogP contribution in [-0.4, -0.2) is 0 Å². The van der Waals surface area contributed by atoms with Crippen LogP contribution in [0, 0.1) is 3.57 Å². The van der Waals surface area contributed by atoms with Gasteiger partial charge in [-0.2, -0.15) is 0 Å². The van der Waals surface area contributed by atoms with Crippen molar-refractivity contribution in [3.05, 3.63) is 57.1 Å². The Balaban J connectivity index is 2.24. The summed E-state index contributed by atoms with van der Waals surface area (Å²) in [7, 11) is 0. The van der Waals surface area contributed by atoms with Gasteiger partial charge >= 0.3 is 0 Å². The predicted octanol–water partition coefficient (Wildman–Crippen LogP) is 5.36. The number of para-hydroxylation sites is 1. The third-order valence-electron chi connectivity index (χ3n) is 2.64. The molecule has 0 amide bonds. The third kappa shape index (κ3) is 1.96. The molecule has 3 aromatic rings. The Bertz CT molecular complexity index is 670. The van der Waals surface area contributed by atoms with Crippen LogP contribution < -0.4 is 0 Å². The van der Waals surface area contributed by atoms with Gasteiger partial charge in [-0.3, -0.25) is 0 Å². The molecule has 1 nitrogen and oxygen atoms in total. The summed E-state index contributed by atoms with van der Waals surface area (Å²) in [4.78, 5) is 0. The van der Waals surface area contributed by atoms with Gasteiger partial charge in [0.05, 0.1) is 3.57 Å². The molecular formula is C14H8ClIO. The minimum atomic E-state index is 0.736. The molecule has 0 radical (unpaired) electrons. The van der Waals surface area contributed by atoms with Gasteiger partial charge in [0, 0.05) is 16.0 Å². The van der Waals surface area contributed by atoms with Crippen molar-refractivity contribution in [2.24, 2.45) is 0 Å². The number of furan rings is 1. The molecule has 0 unspecified atom stereocenters. The maximum atomic E-state index is 5.89. The summed E-state index contributed by atoms with van der Waals surface area (Å²) in [6, 6.07) is 15.8. The maximum absolute atomic E-state index is 5.89. The highest BCUT2D eigenvalue weighted by Crippen LogP contribution is 2.34. The monoisotopic (exact) mass is 354 g/mol. The van der Waals surface area contributed by atoms with E-state index in [1.165, 1.54) is 0 Å². The highest BCUT2D eigenvalue weighted by molar-refractivity contribution is 14.1. The van der Waals surface area contributed by atoms with Crippen LogP contribution in [0.15, 0.2) is 52.9 Å². The number of hydrogen-bond acceptors (Lipinski definition) is 1. The second kappa shape index (κ2) is 4.35. The summed E-state index contributed by atoms with van der Waals surface area (Å²) in [5.74, 6) is 0.906. The molecule has 0 aliphatic carbocycles. The largest absolute Gasteiger partial charge is 0.455 e. The molecule has 3 heteroatoms. The molecule has 0 bridgehead atoms. The van der Waals surface area contributed by atoms with Crippen molar-refractivity contribution >= 4 is 45.2 Å². The fourth-order valence-electron chi connectivity index (χ4n) is 1.80. The molecule has 2 aromatic carbocycles. The second-order valence-electron chi connectivity index (χ2n) is 3.75. The first-order valence-electron chi connectivity index (χ1n) is 5.18. The van der Waals surface area contributed by atoms with E-state index in [9.17, 15) is 0 Å². The van der Waals surface area contributed by atoms with E-state index in [4.69, 9.17) is 16.0 Å². The molecular weight excluding hydrogens is 347 g/mol. The number of rotatable bonds is 1. The van der Waals surface area contributed by atoms with E-state index >= 15 is 0 Å². The van der Waals surface area contributed by atoms with Crippen LogP contribution in [0.1, 0.15) is 0 Å². The fraction of sp³-hybridized carbons (Fsp3) is 0. The molecule has 0 aliphatic heterocycles. The topological polar surface area (TPSA) is 13.1 Å². The first-order chi connectivity index (χ1) is 8.25. The Morgan fingerprint density at radius 2 is 1.65 bits per heavy atom. The average Bonchev–Trinajstić information content (AvgIpc) is 2.69. The van der Waals surface area contributed by atoms with Gasteiger partial charge in [0.2, 0.25) is 0 Å². The lowest BCUT2D eigenvalue weighted by atomic mass is 10.1. The molecule has 0 saturated carbocycles. The van der Waals surface area contributed by atoms with E-state index in [0.717, 1.165) is 30.9 Å². The summed E-state index contributed by atoms with van der Waals surface area (Å²) in [5.41, 5.74) is 1.97. The van der Waals surface area contributed by atoms with Crippen molar-refractivity contribution in [3.63, 3.8) is 0 Å². The van der Waals surface area contributed by atoms with E-state index in [1.807, 2.05) is 42.5 Å². The van der Waals surface area contributed by atoms with Crippen LogP contribution in [0.3, 0.4) is 0 Å². The minimum Gasteiger partial charge on any atom is -0.455 e. The summed E-state index contributed by atoms with van der Waals surface area (Å²) in [6.07, 6.45) is 0. The maximum Gasteiger partial charge on any atom is 0.148 e. The Kier molecular flexibility index (Phi) is 2.84. The number of benzene rings is 2. The van der Waals surface area contributed by atoms with Gasteiger partial charge in [-0.25, -0.2) is 0 Å². The SMILES string of the molecule is Clc1ccc(-c2oc3ccccc3c2I)cc1. The van der Waals surface area contributed by atoms with Crippen LogP contribution in [0.25, 0.3) is 22.3 Å². The van der Waals surface area contributed by atoms with E-state index in [-0.39, 0.29) is 0 Å². The molecule has 1 heterocycles. The number of fused-ring (bicyclic) bond motifs is 1. The Morgan fingerprint density at radius 1 is 0.941 bits per heavy atom. The van der Waals surface area contributed by atoms with Gasteiger partial charge in [-0.15, -0.1) is 0 Å². The molecule has 0 atom stereocenters. The zero-order valence-electron chi connectivity index (χ0n) is 8.78. The lowest BCUT2D eigenvalue weighted by molar-refractivity contribution is 0.629. The standard InChI is InChI=1S/C14H8ClIO/c15-10-7-5-9(6-8-10)14-13(16)11-3-1-2-4-12(11)17-14/h1-8H. The highest BCUT2D eigenvalue weighted by Gasteiger charge is 2.12. The van der Waals surface area contributed by atoms with Crippen molar-refractivity contribution in [3.8, 4) is 11.3 Å². The lowest BCUT2D eigenvalue weighted by Crippen LogP contribution is -1.76. The molecule has 84 valence electrons. The molecule has 0 saturated heterocycles. The molecule has 3 rings (SSSR count). The van der Waals surface area contributed by atoms with Gasteiger partial charge in [0.15, 0.2) is 0 Å². The van der Waals surface area contributed by atoms with Crippen molar-refractivity contribution in [2.75, 3.05) is 0 Å². The Morgan fingerprint density at radius 3 is 2.35 bits per heavy atom. The van der Waals surface area contributed by atoms with E-state index < -0.39 is 0 Å².